The van der Waals surface area contributed by atoms with E-state index in [0.717, 1.165) is 0 Å². The molecule has 1 amide bonds. The Bertz CT molecular complexity index is 490. The largest absolute Gasteiger partial charge is 0.393 e. The van der Waals surface area contributed by atoms with Crippen LogP contribution in [0.5, 0.6) is 0 Å². The van der Waals surface area contributed by atoms with Crippen molar-refractivity contribution in [3.05, 3.63) is 28.3 Å². The molecule has 7 heteroatoms. The van der Waals surface area contributed by atoms with Gasteiger partial charge in [0.1, 0.15) is 11.7 Å². The normalized spacial score (nSPS) is 11.7. The Labute approximate surface area is 111 Å². The van der Waals surface area contributed by atoms with Crippen LogP contribution in [0.15, 0.2) is 18.2 Å². The fourth-order valence-electron chi connectivity index (χ4n) is 1.61. The molecule has 0 saturated heterocycles. The lowest BCUT2D eigenvalue weighted by molar-refractivity contribution is -0.383. The molecule has 3 N–H and O–H groups in total. The number of nitro benzene ring substituents is 1. The number of hydrogen-bond donors (Lipinski definition) is 2. The van der Waals surface area contributed by atoms with Crippen LogP contribution in [0.3, 0.4) is 0 Å². The maximum atomic E-state index is 11.9. The van der Waals surface area contributed by atoms with E-state index in [1.165, 1.54) is 18.2 Å². The van der Waals surface area contributed by atoms with Crippen molar-refractivity contribution in [3.8, 4) is 0 Å². The number of hydrogen-bond acceptors (Lipinski definition) is 5. The Morgan fingerprint density at radius 3 is 2.68 bits per heavy atom. The number of amides is 1. The monoisotopic (exact) mass is 266 g/mol. The number of likely N-dealkylation sites (N-methyl/N-ethyl adjacent to an activating group) is 1. The molecule has 1 atom stereocenters. The van der Waals surface area contributed by atoms with Gasteiger partial charge in [-0.15, -0.1) is 0 Å². The van der Waals surface area contributed by atoms with Gasteiger partial charge >= 0.3 is 0 Å². The van der Waals surface area contributed by atoms with E-state index in [4.69, 9.17) is 5.73 Å². The second kappa shape index (κ2) is 6.03. The summed E-state index contributed by atoms with van der Waals surface area (Å²) in [5.41, 5.74) is 6.09. The summed E-state index contributed by atoms with van der Waals surface area (Å²) in [5, 5.41) is 13.6. The zero-order chi connectivity index (χ0) is 14.6. The number of nitro groups is 1. The molecule has 1 rings (SSSR count). The maximum Gasteiger partial charge on any atom is 0.292 e. The molecule has 0 radical (unpaired) electrons. The van der Waals surface area contributed by atoms with Gasteiger partial charge in [-0.25, -0.2) is 0 Å². The van der Waals surface area contributed by atoms with Gasteiger partial charge in [0.15, 0.2) is 0 Å². The fraction of sp³-hybridized carbons (Fsp3) is 0.417. The van der Waals surface area contributed by atoms with E-state index in [9.17, 15) is 14.9 Å². The molecular weight excluding hydrogens is 248 g/mol. The molecule has 0 aliphatic heterocycles. The Morgan fingerprint density at radius 2 is 2.21 bits per heavy atom. The molecule has 1 aromatic carbocycles. The second-order valence-corrected chi connectivity index (χ2v) is 4.25. The summed E-state index contributed by atoms with van der Waals surface area (Å²) in [5.74, 6) is -0.0561. The van der Waals surface area contributed by atoms with Crippen molar-refractivity contribution < 1.29 is 9.72 Å². The number of carbonyl (C=O) groups is 1. The predicted molar refractivity (Wildman–Crippen MR) is 73.9 cm³/mol. The van der Waals surface area contributed by atoms with Gasteiger partial charge < -0.3 is 16.0 Å². The molecule has 1 unspecified atom stereocenters. The van der Waals surface area contributed by atoms with Gasteiger partial charge in [-0.05, 0) is 26.0 Å². The summed E-state index contributed by atoms with van der Waals surface area (Å²) in [4.78, 5) is 23.5. The molecule has 0 aliphatic carbocycles. The molecular formula is C12H18N4O3. The summed E-state index contributed by atoms with van der Waals surface area (Å²) in [6.07, 6.45) is 0. The molecule has 0 saturated carbocycles. The molecule has 104 valence electrons. The molecule has 0 aliphatic rings. The minimum Gasteiger partial charge on any atom is -0.393 e. The summed E-state index contributed by atoms with van der Waals surface area (Å²) in [7, 11) is 1.71. The minimum atomic E-state index is -0.543. The zero-order valence-corrected chi connectivity index (χ0v) is 11.2. The second-order valence-electron chi connectivity index (χ2n) is 4.25. The van der Waals surface area contributed by atoms with Gasteiger partial charge in [0.05, 0.1) is 4.92 Å². The zero-order valence-electron chi connectivity index (χ0n) is 11.2. The van der Waals surface area contributed by atoms with Gasteiger partial charge in [-0.1, -0.05) is 0 Å². The molecule has 0 heterocycles. The van der Waals surface area contributed by atoms with Gasteiger partial charge in [0.25, 0.3) is 5.69 Å². The van der Waals surface area contributed by atoms with Crippen LogP contribution in [-0.2, 0) is 4.79 Å². The first-order valence-corrected chi connectivity index (χ1v) is 5.92. The third-order valence-electron chi connectivity index (χ3n) is 2.83. The summed E-state index contributed by atoms with van der Waals surface area (Å²) >= 11 is 0. The van der Waals surface area contributed by atoms with Crippen LogP contribution in [0.4, 0.5) is 17.1 Å². The summed E-state index contributed by atoms with van der Waals surface area (Å²) in [6, 6.07) is 3.88. The van der Waals surface area contributed by atoms with Gasteiger partial charge in [-0.2, -0.15) is 0 Å². The van der Waals surface area contributed by atoms with Crippen molar-refractivity contribution in [3.63, 3.8) is 0 Å². The predicted octanol–water partition coefficient (Wildman–Crippen LogP) is 1.46. The smallest absolute Gasteiger partial charge is 0.292 e. The highest BCUT2D eigenvalue weighted by Gasteiger charge is 2.17. The fourth-order valence-corrected chi connectivity index (χ4v) is 1.61. The number of rotatable bonds is 5. The standard InChI is InChI=1S/C12H18N4O3/c1-4-15(3)12(17)8(2)14-9-5-6-11(16(18)19)10(13)7-9/h5-8,14H,4,13H2,1-3H3. The first-order valence-electron chi connectivity index (χ1n) is 5.92. The van der Waals surface area contributed by atoms with E-state index in [2.05, 4.69) is 5.32 Å². The number of nitrogens with two attached hydrogens (primary N) is 1. The van der Waals surface area contributed by atoms with E-state index < -0.39 is 11.0 Å². The maximum absolute atomic E-state index is 11.9. The summed E-state index contributed by atoms with van der Waals surface area (Å²) in [6.45, 7) is 4.23. The molecule has 1 aromatic rings. The van der Waals surface area contributed by atoms with E-state index in [0.29, 0.717) is 12.2 Å². The van der Waals surface area contributed by atoms with Gasteiger partial charge in [0, 0.05) is 25.3 Å². The highest BCUT2D eigenvalue weighted by molar-refractivity contribution is 5.84. The van der Waals surface area contributed by atoms with E-state index in [1.54, 1.807) is 18.9 Å². The van der Waals surface area contributed by atoms with Crippen molar-refractivity contribution in [2.75, 3.05) is 24.6 Å². The van der Waals surface area contributed by atoms with Crippen LogP contribution < -0.4 is 11.1 Å². The van der Waals surface area contributed by atoms with Crippen LogP contribution in [0.25, 0.3) is 0 Å². The Kier molecular flexibility index (Phi) is 4.68. The van der Waals surface area contributed by atoms with E-state index >= 15 is 0 Å². The van der Waals surface area contributed by atoms with Crippen molar-refractivity contribution in [2.45, 2.75) is 19.9 Å². The molecule has 0 fully saturated rings. The lowest BCUT2D eigenvalue weighted by atomic mass is 10.2. The van der Waals surface area contributed by atoms with Crippen molar-refractivity contribution in [1.82, 2.24) is 4.90 Å². The molecule has 0 spiro atoms. The highest BCUT2D eigenvalue weighted by Crippen LogP contribution is 2.25. The quantitative estimate of drug-likeness (QED) is 0.477. The van der Waals surface area contributed by atoms with Crippen LogP contribution in [-0.4, -0.2) is 35.4 Å². The van der Waals surface area contributed by atoms with Gasteiger partial charge in [-0.3, -0.25) is 14.9 Å². The van der Waals surface area contributed by atoms with Crippen molar-refractivity contribution >= 4 is 23.0 Å². The average Bonchev–Trinajstić information content (AvgIpc) is 2.36. The Hall–Kier alpha value is -2.31. The summed E-state index contributed by atoms with van der Waals surface area (Å²) < 4.78 is 0. The lowest BCUT2D eigenvalue weighted by Gasteiger charge is -2.21. The molecule has 19 heavy (non-hydrogen) atoms. The first kappa shape index (κ1) is 14.7. The number of benzene rings is 1. The average molecular weight is 266 g/mol. The van der Waals surface area contributed by atoms with Crippen molar-refractivity contribution in [1.29, 1.82) is 0 Å². The van der Waals surface area contributed by atoms with E-state index in [-0.39, 0.29) is 17.3 Å². The third kappa shape index (κ3) is 3.57. The Morgan fingerprint density at radius 1 is 1.58 bits per heavy atom. The number of nitrogen functional groups attached to an aromatic ring is 1. The lowest BCUT2D eigenvalue weighted by Crippen LogP contribution is -2.38. The van der Waals surface area contributed by atoms with Crippen LogP contribution in [0.1, 0.15) is 13.8 Å². The van der Waals surface area contributed by atoms with Crippen LogP contribution in [0.2, 0.25) is 0 Å². The van der Waals surface area contributed by atoms with Gasteiger partial charge in [0.2, 0.25) is 5.91 Å². The van der Waals surface area contributed by atoms with Crippen LogP contribution in [0, 0.1) is 10.1 Å². The Balaban J connectivity index is 2.81. The number of carbonyl (C=O) groups excluding carboxylic acids is 1. The minimum absolute atomic E-state index is 0.0561. The topological polar surface area (TPSA) is 102 Å². The van der Waals surface area contributed by atoms with E-state index in [1.807, 2.05) is 6.92 Å². The van der Waals surface area contributed by atoms with Crippen molar-refractivity contribution in [2.24, 2.45) is 0 Å². The number of anilines is 2. The third-order valence-corrected chi connectivity index (χ3v) is 2.83. The highest BCUT2D eigenvalue weighted by atomic mass is 16.6. The molecule has 0 bridgehead atoms. The van der Waals surface area contributed by atoms with Crippen LogP contribution >= 0.6 is 0 Å². The SMILES string of the molecule is CCN(C)C(=O)C(C)Nc1ccc([N+](=O)[O-])c(N)c1. The first-order chi connectivity index (χ1) is 8.86. The number of nitrogens with one attached hydrogen (secondary N) is 1. The molecule has 7 nitrogen and oxygen atoms in total. The number of nitrogens with zero attached hydrogens (tertiary/aromatic N) is 2. The molecule has 0 aromatic heterocycles.